The zero-order chi connectivity index (χ0) is 26.6. The molecule has 35 heavy (non-hydrogen) atoms. The molecule has 11 heteroatoms. The Bertz CT molecular complexity index is 912. The van der Waals surface area contributed by atoms with E-state index >= 15 is 0 Å². The van der Waals surface area contributed by atoms with Crippen molar-refractivity contribution >= 4 is 29.8 Å². The standard InChI is InChI=1S/C24H34N4O7/c1-6-14-28(20(16-10-8-7-9-11-16)21(31)26-15-19(30)34-5)22(32)17(12-13-18(25)29)27-23(33)35-24(2,3)4/h6-11,17,20H,1,12-15H2,2-5H3,(H2,25,29)(H,26,31)(H,27,33). The summed E-state index contributed by atoms with van der Waals surface area (Å²) in [4.78, 5) is 63.4. The van der Waals surface area contributed by atoms with E-state index in [2.05, 4.69) is 21.9 Å². The molecule has 1 rings (SSSR count). The monoisotopic (exact) mass is 490 g/mol. The van der Waals surface area contributed by atoms with Crippen molar-refractivity contribution in [3.05, 3.63) is 48.6 Å². The van der Waals surface area contributed by atoms with E-state index in [4.69, 9.17) is 10.5 Å². The summed E-state index contributed by atoms with van der Waals surface area (Å²) in [5.41, 5.74) is 4.88. The van der Waals surface area contributed by atoms with Crippen molar-refractivity contribution in [2.45, 2.75) is 51.3 Å². The Morgan fingerprint density at radius 1 is 1.14 bits per heavy atom. The fraction of sp³-hybridized carbons (Fsp3) is 0.458. The van der Waals surface area contributed by atoms with Crippen LogP contribution < -0.4 is 16.4 Å². The van der Waals surface area contributed by atoms with Crippen LogP contribution in [0.15, 0.2) is 43.0 Å². The first-order chi connectivity index (χ1) is 16.4. The van der Waals surface area contributed by atoms with Gasteiger partial charge in [0.05, 0.1) is 7.11 Å². The number of methoxy groups -OCH3 is 1. The summed E-state index contributed by atoms with van der Waals surface area (Å²) in [5.74, 6) is -2.65. The maximum absolute atomic E-state index is 13.6. The van der Waals surface area contributed by atoms with Gasteiger partial charge < -0.3 is 30.7 Å². The second-order valence-corrected chi connectivity index (χ2v) is 8.59. The van der Waals surface area contributed by atoms with Crippen molar-refractivity contribution < 1.29 is 33.4 Å². The molecule has 11 nitrogen and oxygen atoms in total. The highest BCUT2D eigenvalue weighted by molar-refractivity contribution is 5.93. The van der Waals surface area contributed by atoms with E-state index in [0.29, 0.717) is 5.56 Å². The van der Waals surface area contributed by atoms with Gasteiger partial charge in [0, 0.05) is 13.0 Å². The second kappa shape index (κ2) is 13.7. The maximum Gasteiger partial charge on any atom is 0.408 e. The summed E-state index contributed by atoms with van der Waals surface area (Å²) < 4.78 is 9.81. The van der Waals surface area contributed by atoms with Crippen LogP contribution in [0.3, 0.4) is 0 Å². The van der Waals surface area contributed by atoms with E-state index in [1.807, 2.05) is 0 Å². The molecule has 4 N–H and O–H groups in total. The molecule has 192 valence electrons. The lowest BCUT2D eigenvalue weighted by atomic mass is 10.0. The van der Waals surface area contributed by atoms with Crippen LogP contribution in [0.25, 0.3) is 0 Å². The SMILES string of the molecule is C=CCN(C(=O)C(CCC(N)=O)NC(=O)OC(C)(C)C)C(C(=O)NCC(=O)OC)c1ccccc1. The van der Waals surface area contributed by atoms with Crippen LogP contribution in [0, 0.1) is 0 Å². The summed E-state index contributed by atoms with van der Waals surface area (Å²) in [5, 5.41) is 4.93. The molecule has 2 unspecified atom stereocenters. The molecule has 0 spiro atoms. The van der Waals surface area contributed by atoms with Crippen LogP contribution in [0.4, 0.5) is 4.79 Å². The highest BCUT2D eigenvalue weighted by Gasteiger charge is 2.36. The number of hydrogen-bond acceptors (Lipinski definition) is 7. The van der Waals surface area contributed by atoms with Crippen molar-refractivity contribution in [3.63, 3.8) is 0 Å². The van der Waals surface area contributed by atoms with Crippen molar-refractivity contribution in [1.82, 2.24) is 15.5 Å². The fourth-order valence-electron chi connectivity index (χ4n) is 3.09. The van der Waals surface area contributed by atoms with Crippen molar-refractivity contribution in [1.29, 1.82) is 0 Å². The zero-order valence-corrected chi connectivity index (χ0v) is 20.5. The molecule has 1 aromatic carbocycles. The third-order valence-corrected chi connectivity index (χ3v) is 4.59. The Labute approximate surface area is 205 Å². The molecule has 0 aliphatic rings. The molecule has 0 aromatic heterocycles. The Morgan fingerprint density at radius 2 is 1.77 bits per heavy atom. The lowest BCUT2D eigenvalue weighted by Crippen LogP contribution is -2.53. The van der Waals surface area contributed by atoms with E-state index in [1.54, 1.807) is 51.1 Å². The third kappa shape index (κ3) is 10.3. The minimum absolute atomic E-state index is 0.0763. The van der Waals surface area contributed by atoms with Gasteiger partial charge >= 0.3 is 12.1 Å². The quantitative estimate of drug-likeness (QED) is 0.293. The molecule has 0 saturated heterocycles. The van der Waals surface area contributed by atoms with Crippen molar-refractivity contribution in [3.8, 4) is 0 Å². The molecule has 4 amide bonds. The average molecular weight is 491 g/mol. The molecule has 0 fully saturated rings. The molecule has 0 heterocycles. The smallest absolute Gasteiger partial charge is 0.408 e. The number of nitrogens with zero attached hydrogens (tertiary/aromatic N) is 1. The molecular weight excluding hydrogens is 456 g/mol. The van der Waals surface area contributed by atoms with Gasteiger partial charge in [-0.25, -0.2) is 4.79 Å². The van der Waals surface area contributed by atoms with Gasteiger partial charge in [0.1, 0.15) is 24.2 Å². The average Bonchev–Trinajstić information content (AvgIpc) is 2.78. The summed E-state index contributed by atoms with van der Waals surface area (Å²) in [7, 11) is 1.18. The largest absolute Gasteiger partial charge is 0.468 e. The van der Waals surface area contributed by atoms with Crippen LogP contribution in [-0.2, 0) is 28.7 Å². The Morgan fingerprint density at radius 3 is 2.29 bits per heavy atom. The first-order valence-electron chi connectivity index (χ1n) is 11.0. The predicted molar refractivity (Wildman–Crippen MR) is 128 cm³/mol. The Balaban J connectivity index is 3.36. The first kappa shape index (κ1) is 29.1. The number of carbonyl (C=O) groups excluding carboxylic acids is 5. The lowest BCUT2D eigenvalue weighted by molar-refractivity contribution is -0.144. The number of alkyl carbamates (subject to hydrolysis) is 1. The number of primary amides is 1. The van der Waals surface area contributed by atoms with Gasteiger partial charge in [0.15, 0.2) is 0 Å². The number of rotatable bonds is 12. The number of hydrogen-bond donors (Lipinski definition) is 3. The normalized spacial score (nSPS) is 12.5. The van der Waals surface area contributed by atoms with E-state index in [1.165, 1.54) is 18.1 Å². The van der Waals surface area contributed by atoms with E-state index < -0.39 is 54.0 Å². The molecule has 0 aliphatic carbocycles. The highest BCUT2D eigenvalue weighted by Crippen LogP contribution is 2.23. The fourth-order valence-corrected chi connectivity index (χ4v) is 3.09. The topological polar surface area (TPSA) is 157 Å². The summed E-state index contributed by atoms with van der Waals surface area (Å²) in [6, 6.07) is 6.01. The number of benzene rings is 1. The Hall–Kier alpha value is -3.89. The predicted octanol–water partition coefficient (Wildman–Crippen LogP) is 1.19. The summed E-state index contributed by atoms with van der Waals surface area (Å²) in [6.45, 7) is 8.16. The zero-order valence-electron chi connectivity index (χ0n) is 20.5. The minimum Gasteiger partial charge on any atom is -0.468 e. The first-order valence-corrected chi connectivity index (χ1v) is 11.0. The third-order valence-electron chi connectivity index (χ3n) is 4.59. The van der Waals surface area contributed by atoms with E-state index in [-0.39, 0.29) is 19.4 Å². The van der Waals surface area contributed by atoms with Crippen LogP contribution in [0.2, 0.25) is 0 Å². The van der Waals surface area contributed by atoms with Gasteiger partial charge in [0.2, 0.25) is 17.7 Å². The van der Waals surface area contributed by atoms with Crippen LogP contribution in [0.5, 0.6) is 0 Å². The summed E-state index contributed by atoms with van der Waals surface area (Å²) in [6.07, 6.45) is 0.232. The van der Waals surface area contributed by atoms with Crippen LogP contribution in [-0.4, -0.2) is 66.5 Å². The molecule has 0 saturated carbocycles. The van der Waals surface area contributed by atoms with Crippen LogP contribution in [0.1, 0.15) is 45.2 Å². The molecule has 0 bridgehead atoms. The number of esters is 1. The highest BCUT2D eigenvalue weighted by atomic mass is 16.6. The van der Waals surface area contributed by atoms with Crippen molar-refractivity contribution in [2.24, 2.45) is 5.73 Å². The molecule has 2 atom stereocenters. The number of carbonyl (C=O) groups is 5. The number of amides is 4. The maximum atomic E-state index is 13.6. The summed E-state index contributed by atoms with van der Waals surface area (Å²) >= 11 is 0. The van der Waals surface area contributed by atoms with Crippen LogP contribution >= 0.6 is 0 Å². The van der Waals surface area contributed by atoms with E-state index in [0.717, 1.165) is 0 Å². The second-order valence-electron chi connectivity index (χ2n) is 8.59. The van der Waals surface area contributed by atoms with Gasteiger partial charge in [-0.2, -0.15) is 0 Å². The Kier molecular flexibility index (Phi) is 11.4. The molecule has 1 aromatic rings. The molecule has 0 radical (unpaired) electrons. The van der Waals surface area contributed by atoms with Gasteiger partial charge in [-0.1, -0.05) is 36.4 Å². The molecular formula is C24H34N4O7. The van der Waals surface area contributed by atoms with Gasteiger partial charge in [-0.3, -0.25) is 19.2 Å². The minimum atomic E-state index is -1.23. The number of nitrogens with one attached hydrogen (secondary N) is 2. The lowest BCUT2D eigenvalue weighted by Gasteiger charge is -2.33. The molecule has 0 aliphatic heterocycles. The van der Waals surface area contributed by atoms with E-state index in [9.17, 15) is 24.0 Å². The van der Waals surface area contributed by atoms with Crippen molar-refractivity contribution in [2.75, 3.05) is 20.2 Å². The number of nitrogens with two attached hydrogens (primary N) is 1. The van der Waals surface area contributed by atoms with Gasteiger partial charge in [-0.05, 0) is 32.8 Å². The number of ether oxygens (including phenoxy) is 2. The van der Waals surface area contributed by atoms with Gasteiger partial charge in [-0.15, -0.1) is 6.58 Å². The van der Waals surface area contributed by atoms with Gasteiger partial charge in [0.25, 0.3) is 0 Å².